The van der Waals surface area contributed by atoms with E-state index in [9.17, 15) is 0 Å². The van der Waals surface area contributed by atoms with Gasteiger partial charge in [0, 0.05) is 19.6 Å². The van der Waals surface area contributed by atoms with Crippen molar-refractivity contribution in [1.29, 1.82) is 0 Å². The SMILES string of the molecule is CCN(CCO)CCNc1cncc(Cl)n1. The molecule has 0 amide bonds. The summed E-state index contributed by atoms with van der Waals surface area (Å²) in [6.07, 6.45) is 3.13. The van der Waals surface area contributed by atoms with Gasteiger partial charge in [-0.1, -0.05) is 18.5 Å². The second kappa shape index (κ2) is 7.38. The molecule has 0 aliphatic rings. The minimum atomic E-state index is 0.185. The molecule has 5 nitrogen and oxygen atoms in total. The second-order valence-electron chi connectivity index (χ2n) is 3.31. The van der Waals surface area contributed by atoms with Crippen LogP contribution < -0.4 is 5.32 Å². The lowest BCUT2D eigenvalue weighted by molar-refractivity contribution is 0.206. The topological polar surface area (TPSA) is 61.3 Å². The monoisotopic (exact) mass is 244 g/mol. The Balaban J connectivity index is 2.29. The molecule has 0 aliphatic carbocycles. The molecular weight excluding hydrogens is 228 g/mol. The van der Waals surface area contributed by atoms with E-state index in [4.69, 9.17) is 16.7 Å². The third kappa shape index (κ3) is 4.74. The van der Waals surface area contributed by atoms with E-state index in [2.05, 4.69) is 27.1 Å². The molecular formula is C10H17ClN4O. The number of hydrogen-bond acceptors (Lipinski definition) is 5. The first-order valence-electron chi connectivity index (χ1n) is 5.31. The summed E-state index contributed by atoms with van der Waals surface area (Å²) in [5, 5.41) is 12.3. The molecule has 1 heterocycles. The van der Waals surface area contributed by atoms with E-state index >= 15 is 0 Å². The number of likely N-dealkylation sites (N-methyl/N-ethyl adjacent to an activating group) is 1. The molecule has 1 aromatic rings. The third-order valence-corrected chi connectivity index (χ3v) is 2.38. The van der Waals surface area contributed by atoms with Gasteiger partial charge in [0.05, 0.1) is 19.0 Å². The van der Waals surface area contributed by atoms with Crippen LogP contribution in [0.15, 0.2) is 12.4 Å². The molecule has 0 aromatic carbocycles. The van der Waals surface area contributed by atoms with Gasteiger partial charge in [-0.15, -0.1) is 0 Å². The Bertz CT molecular complexity index is 311. The van der Waals surface area contributed by atoms with Crippen LogP contribution in [0.3, 0.4) is 0 Å². The van der Waals surface area contributed by atoms with Crippen LogP contribution in [0, 0.1) is 0 Å². The third-order valence-electron chi connectivity index (χ3n) is 2.20. The summed E-state index contributed by atoms with van der Waals surface area (Å²) in [4.78, 5) is 10.1. The van der Waals surface area contributed by atoms with Crippen LogP contribution in [-0.2, 0) is 0 Å². The van der Waals surface area contributed by atoms with Crippen LogP contribution in [0.5, 0.6) is 0 Å². The molecule has 2 N–H and O–H groups in total. The van der Waals surface area contributed by atoms with Crippen molar-refractivity contribution in [1.82, 2.24) is 14.9 Å². The highest BCUT2D eigenvalue weighted by Crippen LogP contribution is 2.05. The maximum absolute atomic E-state index is 8.82. The predicted octanol–water partition coefficient (Wildman–Crippen LogP) is 0.856. The molecule has 90 valence electrons. The summed E-state index contributed by atoms with van der Waals surface area (Å²) in [5.41, 5.74) is 0. The molecule has 0 radical (unpaired) electrons. The van der Waals surface area contributed by atoms with Gasteiger partial charge in [0.15, 0.2) is 0 Å². The molecule has 0 bridgehead atoms. The Kier molecular flexibility index (Phi) is 6.07. The van der Waals surface area contributed by atoms with Crippen molar-refractivity contribution >= 4 is 17.4 Å². The number of hydrogen-bond donors (Lipinski definition) is 2. The fourth-order valence-corrected chi connectivity index (χ4v) is 1.49. The highest BCUT2D eigenvalue weighted by Gasteiger charge is 2.01. The van der Waals surface area contributed by atoms with Gasteiger partial charge in [-0.05, 0) is 6.54 Å². The Morgan fingerprint density at radius 3 is 2.88 bits per heavy atom. The number of nitrogens with one attached hydrogen (secondary N) is 1. The Morgan fingerprint density at radius 2 is 2.25 bits per heavy atom. The minimum absolute atomic E-state index is 0.185. The van der Waals surface area contributed by atoms with Crippen LogP contribution in [0.2, 0.25) is 5.15 Å². The summed E-state index contributed by atoms with van der Waals surface area (Å²) >= 11 is 5.71. The van der Waals surface area contributed by atoms with Crippen molar-refractivity contribution in [2.24, 2.45) is 0 Å². The van der Waals surface area contributed by atoms with E-state index in [1.165, 1.54) is 6.20 Å². The molecule has 0 fully saturated rings. The first kappa shape index (κ1) is 13.2. The summed E-state index contributed by atoms with van der Waals surface area (Å²) in [6.45, 7) is 5.47. The summed E-state index contributed by atoms with van der Waals surface area (Å²) in [7, 11) is 0. The Morgan fingerprint density at radius 1 is 1.44 bits per heavy atom. The summed E-state index contributed by atoms with van der Waals surface area (Å²) in [6, 6.07) is 0. The van der Waals surface area contributed by atoms with Gasteiger partial charge in [-0.3, -0.25) is 9.88 Å². The largest absolute Gasteiger partial charge is 0.395 e. The zero-order chi connectivity index (χ0) is 11.8. The first-order valence-corrected chi connectivity index (χ1v) is 5.68. The number of aliphatic hydroxyl groups is 1. The lowest BCUT2D eigenvalue weighted by atomic mass is 10.4. The highest BCUT2D eigenvalue weighted by atomic mass is 35.5. The normalized spacial score (nSPS) is 10.8. The number of nitrogens with zero attached hydrogens (tertiary/aromatic N) is 3. The van der Waals surface area contributed by atoms with Crippen LogP contribution in [0.25, 0.3) is 0 Å². The average Bonchev–Trinajstić information content (AvgIpc) is 2.28. The van der Waals surface area contributed by atoms with Gasteiger partial charge in [0.25, 0.3) is 0 Å². The van der Waals surface area contributed by atoms with E-state index < -0.39 is 0 Å². The Labute approximate surface area is 100 Å². The van der Waals surface area contributed by atoms with E-state index in [1.54, 1.807) is 6.20 Å². The maximum Gasteiger partial charge on any atom is 0.149 e. The Hall–Kier alpha value is -0.910. The number of rotatable bonds is 7. The maximum atomic E-state index is 8.82. The van der Waals surface area contributed by atoms with Gasteiger partial charge in [0.2, 0.25) is 0 Å². The highest BCUT2D eigenvalue weighted by molar-refractivity contribution is 6.29. The molecule has 0 saturated heterocycles. The van der Waals surface area contributed by atoms with E-state index in [1.807, 2.05) is 0 Å². The smallest absolute Gasteiger partial charge is 0.149 e. The molecule has 0 saturated carbocycles. The molecule has 16 heavy (non-hydrogen) atoms. The fourth-order valence-electron chi connectivity index (χ4n) is 1.34. The lowest BCUT2D eigenvalue weighted by Gasteiger charge is -2.19. The number of halogens is 1. The zero-order valence-corrected chi connectivity index (χ0v) is 10.1. The van der Waals surface area contributed by atoms with E-state index in [0.717, 1.165) is 19.6 Å². The summed E-state index contributed by atoms with van der Waals surface area (Å²) < 4.78 is 0. The van der Waals surface area contributed by atoms with Crippen molar-refractivity contribution < 1.29 is 5.11 Å². The molecule has 0 atom stereocenters. The number of aliphatic hydroxyl groups excluding tert-OH is 1. The average molecular weight is 245 g/mol. The van der Waals surface area contributed by atoms with Gasteiger partial charge >= 0.3 is 0 Å². The van der Waals surface area contributed by atoms with Crippen LogP contribution in [0.1, 0.15) is 6.92 Å². The van der Waals surface area contributed by atoms with Crippen molar-refractivity contribution in [3.8, 4) is 0 Å². The minimum Gasteiger partial charge on any atom is -0.395 e. The standard InChI is InChI=1S/C10H17ClN4O/c1-2-15(5-6-16)4-3-13-10-8-12-7-9(11)14-10/h7-8,16H,2-6H2,1H3,(H,13,14). The quantitative estimate of drug-likeness (QED) is 0.745. The van der Waals surface area contributed by atoms with E-state index in [-0.39, 0.29) is 6.61 Å². The van der Waals surface area contributed by atoms with Gasteiger partial charge in [-0.2, -0.15) is 0 Å². The first-order chi connectivity index (χ1) is 7.76. The van der Waals surface area contributed by atoms with Crippen molar-refractivity contribution in [3.63, 3.8) is 0 Å². The van der Waals surface area contributed by atoms with Crippen LogP contribution in [0.4, 0.5) is 5.82 Å². The van der Waals surface area contributed by atoms with Crippen molar-refractivity contribution in [2.75, 3.05) is 38.1 Å². The molecule has 1 rings (SSSR count). The molecule has 1 aromatic heterocycles. The number of anilines is 1. The lowest BCUT2D eigenvalue weighted by Crippen LogP contribution is -2.31. The predicted molar refractivity (Wildman–Crippen MR) is 64.7 cm³/mol. The molecule has 6 heteroatoms. The fraction of sp³-hybridized carbons (Fsp3) is 0.600. The second-order valence-corrected chi connectivity index (χ2v) is 3.70. The molecule has 0 aliphatic heterocycles. The molecule has 0 unspecified atom stereocenters. The van der Waals surface area contributed by atoms with Gasteiger partial charge < -0.3 is 10.4 Å². The van der Waals surface area contributed by atoms with Gasteiger partial charge in [0.1, 0.15) is 11.0 Å². The van der Waals surface area contributed by atoms with Crippen LogP contribution in [-0.4, -0.2) is 52.8 Å². The zero-order valence-electron chi connectivity index (χ0n) is 9.36. The summed E-state index contributed by atoms with van der Waals surface area (Å²) in [5.74, 6) is 0.674. The van der Waals surface area contributed by atoms with Crippen molar-refractivity contribution in [2.45, 2.75) is 6.92 Å². The van der Waals surface area contributed by atoms with Crippen molar-refractivity contribution in [3.05, 3.63) is 17.5 Å². The molecule has 0 spiro atoms. The van der Waals surface area contributed by atoms with E-state index in [0.29, 0.717) is 17.5 Å². The number of aromatic nitrogens is 2. The van der Waals surface area contributed by atoms with Crippen LogP contribution >= 0.6 is 11.6 Å². The van der Waals surface area contributed by atoms with Gasteiger partial charge in [-0.25, -0.2) is 4.98 Å².